The molecule has 0 aromatic heterocycles. The molecule has 3 nitrogen and oxygen atoms in total. The van der Waals surface area contributed by atoms with Crippen molar-refractivity contribution < 1.29 is 11.0 Å². The van der Waals surface area contributed by atoms with Crippen LogP contribution in [0.15, 0.2) is 0 Å². The van der Waals surface area contributed by atoms with E-state index in [-0.39, 0.29) is 13.1 Å². The Balaban J connectivity index is 0.000001000. The predicted octanol–water partition coefficient (Wildman–Crippen LogP) is 1.53. The van der Waals surface area contributed by atoms with Crippen LogP contribution >= 0.6 is 0 Å². The van der Waals surface area contributed by atoms with Gasteiger partial charge in [-0.05, 0) is 26.7 Å². The minimum Gasteiger partial charge on any atom is -0.450 e. The Morgan fingerprint density at radius 3 is 3.10 bits per heavy atom. The lowest BCUT2D eigenvalue weighted by Gasteiger charge is -2.21. The van der Waals surface area contributed by atoms with Crippen molar-refractivity contribution in [1.82, 2.24) is 5.32 Å². The minimum absolute atomic E-state index is 0. The molecular weight excluding hydrogens is 130 g/mol. The molecule has 0 aromatic rings. The van der Waals surface area contributed by atoms with Gasteiger partial charge in [0.25, 0.3) is 0 Å². The number of cyclic esters (lactones) is 1. The Morgan fingerprint density at radius 2 is 2.40 bits per heavy atom. The zero-order valence-electron chi connectivity index (χ0n) is 6.44. The molecule has 0 bridgehead atoms. The van der Waals surface area contributed by atoms with Gasteiger partial charge in [-0.25, -0.2) is 4.79 Å². The second-order valence-corrected chi connectivity index (χ2v) is 3.25. The van der Waals surface area contributed by atoms with E-state index in [0.29, 0.717) is 6.61 Å². The van der Waals surface area contributed by atoms with E-state index >= 15 is 0 Å². The zero-order chi connectivity index (χ0) is 7.61. The highest BCUT2D eigenvalue weighted by Gasteiger charge is 2.23. The topological polar surface area (TPSA) is 38.3 Å². The minimum atomic E-state index is -0.289. The van der Waals surface area contributed by atoms with Crippen LogP contribution in [0.2, 0.25) is 0 Å². The van der Waals surface area contributed by atoms with Crippen LogP contribution in [0, 0.1) is 0 Å². The van der Waals surface area contributed by atoms with E-state index in [0.717, 1.165) is 12.8 Å². The summed E-state index contributed by atoms with van der Waals surface area (Å²) in [7, 11) is 0. The van der Waals surface area contributed by atoms with Gasteiger partial charge in [0.1, 0.15) is 0 Å². The average molecular weight is 145 g/mol. The fourth-order valence-corrected chi connectivity index (χ4v) is 1.05. The van der Waals surface area contributed by atoms with Gasteiger partial charge in [0.2, 0.25) is 0 Å². The maximum absolute atomic E-state index is 10.8. The highest BCUT2D eigenvalue weighted by Crippen LogP contribution is 2.14. The lowest BCUT2D eigenvalue weighted by atomic mass is 10.00. The lowest BCUT2D eigenvalue weighted by molar-refractivity contribution is 0.149. The van der Waals surface area contributed by atoms with Gasteiger partial charge in [0, 0.05) is 6.97 Å². The molecule has 1 aliphatic rings. The molecule has 3 heteroatoms. The third kappa shape index (κ3) is 1.90. The molecule has 1 saturated heterocycles. The number of alkyl carbamates (subject to hydrolysis) is 1. The fourth-order valence-electron chi connectivity index (χ4n) is 1.05. The van der Waals surface area contributed by atoms with Crippen LogP contribution in [0.5, 0.6) is 0 Å². The van der Waals surface area contributed by atoms with Crippen LogP contribution in [-0.4, -0.2) is 18.2 Å². The summed E-state index contributed by atoms with van der Waals surface area (Å²) in [6.07, 6.45) is 1.65. The SMILES string of the molecule is CC1(C)CCCOC(=O)N1.[HH]. The maximum atomic E-state index is 10.8. The molecular formula is C7H15NO2. The van der Waals surface area contributed by atoms with Gasteiger partial charge in [-0.3, -0.25) is 0 Å². The van der Waals surface area contributed by atoms with Crippen molar-refractivity contribution in [3.63, 3.8) is 0 Å². The number of amides is 1. The average Bonchev–Trinajstić information content (AvgIpc) is 1.90. The molecule has 60 valence electrons. The van der Waals surface area contributed by atoms with Gasteiger partial charge in [0.15, 0.2) is 0 Å². The smallest absolute Gasteiger partial charge is 0.407 e. The molecule has 1 aliphatic heterocycles. The molecule has 0 radical (unpaired) electrons. The Kier molecular flexibility index (Phi) is 1.83. The normalized spacial score (nSPS) is 24.4. The number of carbonyl (C=O) groups excluding carboxylic acids is 1. The first-order valence-electron chi connectivity index (χ1n) is 3.55. The quantitative estimate of drug-likeness (QED) is 0.561. The first-order chi connectivity index (χ1) is 4.60. The largest absolute Gasteiger partial charge is 0.450 e. The molecule has 1 amide bonds. The summed E-state index contributed by atoms with van der Waals surface area (Å²) < 4.78 is 4.79. The second kappa shape index (κ2) is 2.48. The first kappa shape index (κ1) is 7.38. The van der Waals surface area contributed by atoms with Crippen molar-refractivity contribution in [2.24, 2.45) is 0 Å². The van der Waals surface area contributed by atoms with Crippen LogP contribution in [0.1, 0.15) is 28.1 Å². The molecule has 1 rings (SSSR count). The van der Waals surface area contributed by atoms with E-state index in [2.05, 4.69) is 5.32 Å². The molecule has 0 aromatic carbocycles. The highest BCUT2D eigenvalue weighted by atomic mass is 16.5. The summed E-state index contributed by atoms with van der Waals surface area (Å²) in [6.45, 7) is 4.55. The number of hydrogen-bond acceptors (Lipinski definition) is 2. The molecule has 1 N–H and O–H groups in total. The van der Waals surface area contributed by atoms with Crippen molar-refractivity contribution in [2.45, 2.75) is 32.2 Å². The van der Waals surface area contributed by atoms with Crippen molar-refractivity contribution >= 4 is 6.09 Å². The third-order valence-corrected chi connectivity index (χ3v) is 1.62. The number of rotatable bonds is 0. The Labute approximate surface area is 62.2 Å². The van der Waals surface area contributed by atoms with Gasteiger partial charge in [-0.15, -0.1) is 0 Å². The number of hydrogen-bond donors (Lipinski definition) is 1. The lowest BCUT2D eigenvalue weighted by Crippen LogP contribution is -2.41. The Hall–Kier alpha value is -0.730. The van der Waals surface area contributed by atoms with E-state index in [1.165, 1.54) is 0 Å². The maximum Gasteiger partial charge on any atom is 0.407 e. The van der Waals surface area contributed by atoms with Crippen molar-refractivity contribution in [2.75, 3.05) is 6.61 Å². The van der Waals surface area contributed by atoms with E-state index in [1.807, 2.05) is 13.8 Å². The van der Waals surface area contributed by atoms with Gasteiger partial charge in [-0.2, -0.15) is 0 Å². The van der Waals surface area contributed by atoms with Crippen molar-refractivity contribution in [3.05, 3.63) is 0 Å². The monoisotopic (exact) mass is 145 g/mol. The van der Waals surface area contributed by atoms with Gasteiger partial charge < -0.3 is 10.1 Å². The molecule has 0 unspecified atom stereocenters. The second-order valence-electron chi connectivity index (χ2n) is 3.25. The van der Waals surface area contributed by atoms with Crippen LogP contribution in [0.25, 0.3) is 0 Å². The van der Waals surface area contributed by atoms with Crippen LogP contribution in [0.3, 0.4) is 0 Å². The summed E-state index contributed by atoms with van der Waals surface area (Å²) in [5.74, 6) is 0. The Morgan fingerprint density at radius 1 is 1.70 bits per heavy atom. The van der Waals surface area contributed by atoms with E-state index in [1.54, 1.807) is 0 Å². The van der Waals surface area contributed by atoms with Crippen LogP contribution in [-0.2, 0) is 4.74 Å². The molecule has 0 saturated carbocycles. The van der Waals surface area contributed by atoms with E-state index < -0.39 is 0 Å². The summed E-state index contributed by atoms with van der Waals surface area (Å²) >= 11 is 0. The number of ether oxygens (including phenoxy) is 1. The summed E-state index contributed by atoms with van der Waals surface area (Å²) in [5, 5.41) is 2.76. The van der Waals surface area contributed by atoms with E-state index in [9.17, 15) is 4.79 Å². The third-order valence-electron chi connectivity index (χ3n) is 1.62. The van der Waals surface area contributed by atoms with Crippen LogP contribution in [0.4, 0.5) is 4.79 Å². The van der Waals surface area contributed by atoms with Gasteiger partial charge >= 0.3 is 6.09 Å². The molecule has 10 heavy (non-hydrogen) atoms. The number of carbonyl (C=O) groups is 1. The first-order valence-corrected chi connectivity index (χ1v) is 3.55. The highest BCUT2D eigenvalue weighted by molar-refractivity contribution is 5.68. The van der Waals surface area contributed by atoms with Gasteiger partial charge in [-0.1, -0.05) is 0 Å². The van der Waals surface area contributed by atoms with E-state index in [4.69, 9.17) is 4.74 Å². The fraction of sp³-hybridized carbons (Fsp3) is 0.857. The molecule has 0 spiro atoms. The zero-order valence-corrected chi connectivity index (χ0v) is 6.44. The van der Waals surface area contributed by atoms with Gasteiger partial charge in [0.05, 0.1) is 6.61 Å². The summed E-state index contributed by atoms with van der Waals surface area (Å²) in [5.41, 5.74) is -0.0897. The molecule has 0 aliphatic carbocycles. The molecule has 1 heterocycles. The molecule has 0 atom stereocenters. The Bertz CT molecular complexity index is 147. The summed E-state index contributed by atoms with van der Waals surface area (Å²) in [4.78, 5) is 10.8. The number of nitrogens with one attached hydrogen (secondary N) is 1. The van der Waals surface area contributed by atoms with Crippen LogP contribution < -0.4 is 5.32 Å². The van der Waals surface area contributed by atoms with Crippen molar-refractivity contribution in [3.8, 4) is 0 Å². The predicted molar refractivity (Wildman–Crippen MR) is 39.9 cm³/mol. The molecule has 1 fully saturated rings. The van der Waals surface area contributed by atoms with Crippen molar-refractivity contribution in [1.29, 1.82) is 0 Å². The summed E-state index contributed by atoms with van der Waals surface area (Å²) in [6, 6.07) is 0. The standard InChI is InChI=1S/C7H13NO2.H2/c1-7(2)4-3-5-10-6(9)8-7;/h3-5H2,1-2H3,(H,8,9);1H.